The zero-order chi connectivity index (χ0) is 8.20. The van der Waals surface area contributed by atoms with Gasteiger partial charge in [-0.25, -0.2) is 0 Å². The molecule has 0 saturated heterocycles. The molecule has 6 heteroatoms. The van der Waals surface area contributed by atoms with Crippen LogP contribution in [0.4, 0.5) is 0 Å². The van der Waals surface area contributed by atoms with E-state index < -0.39 is 8.80 Å². The van der Waals surface area contributed by atoms with Crippen LogP contribution in [0.25, 0.3) is 0 Å². The smallest absolute Gasteiger partial charge is 1.00 e. The average Bonchev–Trinajstić information content (AvgIpc) is 1.87. The summed E-state index contributed by atoms with van der Waals surface area (Å²) in [7, 11) is 0.698. The van der Waals surface area contributed by atoms with Crippen LogP contribution >= 0.6 is 12.2 Å². The second kappa shape index (κ2) is 6.17. The van der Waals surface area contributed by atoms with Gasteiger partial charge in [-0.1, -0.05) is 0 Å². The Balaban J connectivity index is -0.000000405. The molecule has 0 N–H and O–H groups in total. The molecule has 0 aliphatic heterocycles. The van der Waals surface area contributed by atoms with E-state index >= 15 is 0 Å². The van der Waals surface area contributed by atoms with E-state index in [0.717, 1.165) is 0 Å². The van der Waals surface area contributed by atoms with E-state index in [9.17, 15) is 0 Å². The van der Waals surface area contributed by atoms with Gasteiger partial charge in [0, 0.05) is 27.7 Å². The first-order chi connectivity index (χ1) is 4.54. The van der Waals surface area contributed by atoms with Gasteiger partial charge in [-0.2, -0.15) is 0 Å². The fourth-order valence-electron chi connectivity index (χ4n) is 0.428. The third kappa shape index (κ3) is 5.85. The first-order valence-corrected chi connectivity index (χ1v) is 5.47. The topological polar surface area (TPSA) is 27.7 Å². The molecule has 0 bridgehead atoms. The van der Waals surface area contributed by atoms with Crippen LogP contribution in [0.15, 0.2) is 0 Å². The number of thiocarbonyl (C=S) groups is 1. The molecular weight excluding hydrogens is 175 g/mol. The fraction of sp³-hybridized carbons (Fsp3) is 0.800. The quantitative estimate of drug-likeness (QED) is 0.391. The molecule has 0 heterocycles. The van der Waals surface area contributed by atoms with Gasteiger partial charge in [0.25, 0.3) is 0 Å². The summed E-state index contributed by atoms with van der Waals surface area (Å²) < 4.78 is 15.2. The summed E-state index contributed by atoms with van der Waals surface area (Å²) in [5.74, 6) is 0. The van der Waals surface area contributed by atoms with E-state index in [2.05, 4.69) is 0 Å². The SMILES string of the molecule is CO[Si](C)(OC)OC(C)=S.[H-].[Li+]. The number of rotatable bonds is 3. The zero-order valence-electron chi connectivity index (χ0n) is 8.63. The normalized spacial score (nSPS) is 10.2. The van der Waals surface area contributed by atoms with Crippen molar-refractivity contribution in [2.45, 2.75) is 13.5 Å². The minimum absolute atomic E-state index is 0. The molecule has 0 aliphatic carbocycles. The van der Waals surface area contributed by atoms with Crippen molar-refractivity contribution < 1.29 is 33.6 Å². The van der Waals surface area contributed by atoms with E-state index in [1.54, 1.807) is 27.7 Å². The van der Waals surface area contributed by atoms with Crippen molar-refractivity contribution in [2.75, 3.05) is 14.2 Å². The molecule has 11 heavy (non-hydrogen) atoms. The Morgan fingerprint density at radius 3 is 1.82 bits per heavy atom. The van der Waals surface area contributed by atoms with Crippen LogP contribution in [-0.2, 0) is 13.3 Å². The zero-order valence-corrected chi connectivity index (χ0v) is 9.45. The summed E-state index contributed by atoms with van der Waals surface area (Å²) in [4.78, 5) is 0. The standard InChI is InChI=1S/C5H12O3SSi.Li.H/c1-5(9)8-10(4,6-2)7-3;;/h1-4H3;;/q;+1;-1. The van der Waals surface area contributed by atoms with E-state index in [4.69, 9.17) is 25.5 Å². The Kier molecular flexibility index (Phi) is 7.95. The maximum atomic E-state index is 5.16. The van der Waals surface area contributed by atoms with Crippen molar-refractivity contribution in [2.24, 2.45) is 0 Å². The molecule has 0 saturated carbocycles. The van der Waals surface area contributed by atoms with Crippen LogP contribution in [0.2, 0.25) is 6.55 Å². The summed E-state index contributed by atoms with van der Waals surface area (Å²) in [6.07, 6.45) is 0. The summed E-state index contributed by atoms with van der Waals surface area (Å²) in [6.45, 7) is 3.47. The molecular formula is C5H13LiO3SSi. The third-order valence-electron chi connectivity index (χ3n) is 1.07. The molecule has 0 aromatic carbocycles. The maximum absolute atomic E-state index is 5.16. The molecule has 0 aromatic heterocycles. The first-order valence-electron chi connectivity index (χ1n) is 2.84. The van der Waals surface area contributed by atoms with Crippen LogP contribution in [0, 0.1) is 0 Å². The number of hydrogen-bond donors (Lipinski definition) is 0. The van der Waals surface area contributed by atoms with E-state index in [0.29, 0.717) is 5.05 Å². The van der Waals surface area contributed by atoms with Crippen LogP contribution in [-0.4, -0.2) is 28.1 Å². The van der Waals surface area contributed by atoms with Crippen LogP contribution in [0.3, 0.4) is 0 Å². The molecule has 0 amide bonds. The van der Waals surface area contributed by atoms with Crippen molar-refractivity contribution >= 4 is 26.1 Å². The summed E-state index contributed by atoms with van der Waals surface area (Å²) >= 11 is 4.73. The predicted molar refractivity (Wildman–Crippen MR) is 46.1 cm³/mol. The van der Waals surface area contributed by atoms with Gasteiger partial charge < -0.3 is 14.7 Å². The Bertz CT molecular complexity index is 134. The van der Waals surface area contributed by atoms with Gasteiger partial charge in [-0.15, -0.1) is 0 Å². The molecule has 0 aliphatic rings. The number of hydrogen-bond acceptors (Lipinski definition) is 4. The van der Waals surface area contributed by atoms with Crippen molar-refractivity contribution in [3.63, 3.8) is 0 Å². The second-order valence-electron chi connectivity index (χ2n) is 1.86. The second-order valence-corrected chi connectivity index (χ2v) is 5.18. The monoisotopic (exact) mass is 188 g/mol. The fourth-order valence-corrected chi connectivity index (χ4v) is 1.74. The van der Waals surface area contributed by atoms with E-state index in [1.807, 2.05) is 0 Å². The molecule has 62 valence electrons. The van der Waals surface area contributed by atoms with E-state index in [-0.39, 0.29) is 20.3 Å². The van der Waals surface area contributed by atoms with Crippen LogP contribution in [0.5, 0.6) is 0 Å². The summed E-state index contributed by atoms with van der Waals surface area (Å²) in [6, 6.07) is 0. The molecule has 3 nitrogen and oxygen atoms in total. The minimum atomic E-state index is -2.40. The van der Waals surface area contributed by atoms with Gasteiger partial charge in [0.2, 0.25) is 0 Å². The van der Waals surface area contributed by atoms with Gasteiger partial charge in [0.15, 0.2) is 0 Å². The maximum Gasteiger partial charge on any atom is 1.00 e. The molecule has 0 radical (unpaired) electrons. The van der Waals surface area contributed by atoms with Gasteiger partial charge >= 0.3 is 27.7 Å². The van der Waals surface area contributed by atoms with Crippen LogP contribution in [0.1, 0.15) is 8.35 Å². The van der Waals surface area contributed by atoms with Gasteiger partial charge in [0.05, 0.1) is 0 Å². The van der Waals surface area contributed by atoms with E-state index in [1.165, 1.54) is 0 Å². The molecule has 0 aromatic rings. The van der Waals surface area contributed by atoms with Crippen molar-refractivity contribution in [1.29, 1.82) is 0 Å². The molecule has 0 fully saturated rings. The Labute approximate surface area is 87.4 Å². The van der Waals surface area contributed by atoms with Gasteiger partial charge in [-0.05, 0) is 12.2 Å². The summed E-state index contributed by atoms with van der Waals surface area (Å²) in [5.41, 5.74) is 0. The Morgan fingerprint density at radius 2 is 1.73 bits per heavy atom. The van der Waals surface area contributed by atoms with Crippen molar-refractivity contribution in [3.8, 4) is 0 Å². The Morgan fingerprint density at radius 1 is 1.36 bits per heavy atom. The van der Waals surface area contributed by atoms with Crippen LogP contribution < -0.4 is 18.9 Å². The average molecular weight is 188 g/mol. The molecule has 0 unspecified atom stereocenters. The molecule has 0 atom stereocenters. The van der Waals surface area contributed by atoms with Crippen molar-refractivity contribution in [1.82, 2.24) is 0 Å². The minimum Gasteiger partial charge on any atom is -1.00 e. The largest absolute Gasteiger partial charge is 1.00 e. The van der Waals surface area contributed by atoms with Gasteiger partial charge in [0.1, 0.15) is 5.05 Å². The Hall–Kier alpha value is 0.624. The first kappa shape index (κ1) is 14.2. The summed E-state index contributed by atoms with van der Waals surface area (Å²) in [5, 5.41) is 0.456. The van der Waals surface area contributed by atoms with Crippen molar-refractivity contribution in [3.05, 3.63) is 0 Å². The van der Waals surface area contributed by atoms with Gasteiger partial charge in [-0.3, -0.25) is 0 Å². The molecule has 0 spiro atoms. The predicted octanol–water partition coefficient (Wildman–Crippen LogP) is -1.67. The third-order valence-corrected chi connectivity index (χ3v) is 3.46. The molecule has 0 rings (SSSR count).